The van der Waals surface area contributed by atoms with Crippen LogP contribution in [-0.2, 0) is 4.79 Å². The largest absolute Gasteiger partial charge is 0.340 e. The molecule has 1 rings (SSSR count). The van der Waals surface area contributed by atoms with Crippen molar-refractivity contribution in [3.8, 4) is 6.07 Å². The molecule has 0 unspecified atom stereocenters. The van der Waals surface area contributed by atoms with Gasteiger partial charge in [-0.25, -0.2) is 0 Å². The second-order valence-electron chi connectivity index (χ2n) is 4.66. The predicted molar refractivity (Wildman–Crippen MR) is 58.1 cm³/mol. The summed E-state index contributed by atoms with van der Waals surface area (Å²) in [5.74, 6) is 0.177. The third-order valence-corrected chi connectivity index (χ3v) is 2.72. The smallest absolute Gasteiger partial charge is 0.236 e. The van der Waals surface area contributed by atoms with Crippen LogP contribution in [0.25, 0.3) is 0 Å². The van der Waals surface area contributed by atoms with Gasteiger partial charge in [-0.1, -0.05) is 0 Å². The Labute approximate surface area is 91.2 Å². The van der Waals surface area contributed by atoms with Crippen molar-refractivity contribution in [2.24, 2.45) is 5.41 Å². The van der Waals surface area contributed by atoms with Crippen LogP contribution in [0.3, 0.4) is 0 Å². The van der Waals surface area contributed by atoms with Gasteiger partial charge in [-0.15, -0.1) is 0 Å². The van der Waals surface area contributed by atoms with Crippen molar-refractivity contribution in [3.05, 3.63) is 0 Å². The van der Waals surface area contributed by atoms with Gasteiger partial charge in [-0.2, -0.15) is 5.26 Å². The molecule has 1 amide bonds. The maximum atomic E-state index is 11.4. The Balaban J connectivity index is 2.25. The van der Waals surface area contributed by atoms with Gasteiger partial charge in [0.15, 0.2) is 0 Å². The summed E-state index contributed by atoms with van der Waals surface area (Å²) in [6.45, 7) is 6.80. The maximum Gasteiger partial charge on any atom is 0.236 e. The molecular weight excluding hydrogens is 190 g/mol. The molecule has 4 nitrogen and oxygen atoms in total. The number of piperazine rings is 1. The zero-order chi connectivity index (χ0) is 11.3. The van der Waals surface area contributed by atoms with Gasteiger partial charge in [0.05, 0.1) is 18.0 Å². The zero-order valence-electron chi connectivity index (χ0n) is 9.55. The Morgan fingerprint density at radius 2 is 2.33 bits per heavy atom. The fraction of sp³-hybridized carbons (Fsp3) is 0.818. The molecule has 1 heterocycles. The molecule has 0 bridgehead atoms. The monoisotopic (exact) mass is 209 g/mol. The third-order valence-electron chi connectivity index (χ3n) is 2.72. The van der Waals surface area contributed by atoms with Crippen LogP contribution in [0.4, 0.5) is 0 Å². The van der Waals surface area contributed by atoms with Crippen molar-refractivity contribution in [1.82, 2.24) is 10.2 Å². The molecule has 0 aromatic rings. The van der Waals surface area contributed by atoms with Crippen LogP contribution in [0.1, 0.15) is 26.7 Å². The molecule has 84 valence electrons. The minimum Gasteiger partial charge on any atom is -0.340 e. The summed E-state index contributed by atoms with van der Waals surface area (Å²) in [6, 6.07) is 2.27. The van der Waals surface area contributed by atoms with Gasteiger partial charge in [-0.05, 0) is 26.7 Å². The summed E-state index contributed by atoms with van der Waals surface area (Å²) in [7, 11) is 0. The Bertz CT molecular complexity index is 267. The molecule has 1 aliphatic heterocycles. The molecule has 4 heteroatoms. The minimum absolute atomic E-state index is 0.177. The summed E-state index contributed by atoms with van der Waals surface area (Å²) >= 11 is 0. The molecule has 1 aliphatic rings. The first-order chi connectivity index (χ1) is 7.05. The summed E-state index contributed by atoms with van der Waals surface area (Å²) in [6.07, 6.45) is 1.76. The molecule has 1 saturated heterocycles. The third kappa shape index (κ3) is 3.88. The average molecular weight is 209 g/mol. The van der Waals surface area contributed by atoms with Crippen molar-refractivity contribution in [2.45, 2.75) is 26.7 Å². The van der Waals surface area contributed by atoms with Gasteiger partial charge in [-0.3, -0.25) is 4.79 Å². The van der Waals surface area contributed by atoms with E-state index in [0.29, 0.717) is 6.54 Å². The number of carbonyl (C=O) groups is 1. The second kappa shape index (κ2) is 5.13. The number of nitriles is 1. The summed E-state index contributed by atoms with van der Waals surface area (Å²) in [5, 5.41) is 11.9. The Morgan fingerprint density at radius 3 is 2.93 bits per heavy atom. The van der Waals surface area contributed by atoms with E-state index in [1.165, 1.54) is 0 Å². The summed E-state index contributed by atoms with van der Waals surface area (Å²) < 4.78 is 0. The van der Waals surface area contributed by atoms with Crippen molar-refractivity contribution in [2.75, 3.05) is 26.2 Å². The van der Waals surface area contributed by atoms with Gasteiger partial charge < -0.3 is 10.2 Å². The molecule has 0 spiro atoms. The Morgan fingerprint density at radius 1 is 1.60 bits per heavy atom. The second-order valence-corrected chi connectivity index (χ2v) is 4.66. The highest BCUT2D eigenvalue weighted by Gasteiger charge is 2.20. The van der Waals surface area contributed by atoms with Crippen LogP contribution in [0, 0.1) is 16.7 Å². The van der Waals surface area contributed by atoms with E-state index < -0.39 is 0 Å². The number of amides is 1. The summed E-state index contributed by atoms with van der Waals surface area (Å²) in [5.41, 5.74) is -0.267. The van der Waals surface area contributed by atoms with Crippen molar-refractivity contribution < 1.29 is 4.79 Å². The molecule has 0 aromatic carbocycles. The first-order valence-electron chi connectivity index (χ1n) is 5.45. The number of rotatable bonds is 4. The average Bonchev–Trinajstić information content (AvgIpc) is 2.21. The standard InChI is InChI=1S/C11H19N3O/c1-11(2,9-12)4-3-6-14-7-5-13-8-10(14)15/h13H,3-8H2,1-2H3. The van der Waals surface area contributed by atoms with E-state index in [0.717, 1.165) is 32.5 Å². The van der Waals surface area contributed by atoms with E-state index >= 15 is 0 Å². The summed E-state index contributed by atoms with van der Waals surface area (Å²) in [4.78, 5) is 13.3. The molecule has 0 aromatic heterocycles. The molecule has 15 heavy (non-hydrogen) atoms. The lowest BCUT2D eigenvalue weighted by Crippen LogP contribution is -2.48. The van der Waals surface area contributed by atoms with Crippen molar-refractivity contribution in [1.29, 1.82) is 5.26 Å². The number of nitrogens with one attached hydrogen (secondary N) is 1. The van der Waals surface area contributed by atoms with E-state index in [1.54, 1.807) is 0 Å². The van der Waals surface area contributed by atoms with Gasteiger partial charge in [0.1, 0.15) is 0 Å². The van der Waals surface area contributed by atoms with Crippen LogP contribution in [0.5, 0.6) is 0 Å². The minimum atomic E-state index is -0.267. The van der Waals surface area contributed by atoms with Crippen LogP contribution in [0.2, 0.25) is 0 Å². The molecule has 0 aliphatic carbocycles. The first kappa shape index (κ1) is 12.0. The van der Waals surface area contributed by atoms with Gasteiger partial charge in [0.25, 0.3) is 0 Å². The van der Waals surface area contributed by atoms with Gasteiger partial charge >= 0.3 is 0 Å². The Kier molecular flexibility index (Phi) is 4.10. The zero-order valence-corrected chi connectivity index (χ0v) is 9.55. The van der Waals surface area contributed by atoms with E-state index in [-0.39, 0.29) is 11.3 Å². The topological polar surface area (TPSA) is 56.1 Å². The predicted octanol–water partition coefficient (Wildman–Crippen LogP) is 0.748. The van der Waals surface area contributed by atoms with Crippen LogP contribution >= 0.6 is 0 Å². The molecular formula is C11H19N3O. The van der Waals surface area contributed by atoms with E-state index in [9.17, 15) is 4.79 Å². The molecule has 1 N–H and O–H groups in total. The molecule has 0 radical (unpaired) electrons. The molecule has 0 atom stereocenters. The number of hydrogen-bond donors (Lipinski definition) is 1. The number of carbonyl (C=O) groups excluding carboxylic acids is 1. The highest BCUT2D eigenvalue weighted by molar-refractivity contribution is 5.78. The lowest BCUT2D eigenvalue weighted by atomic mass is 9.90. The fourth-order valence-corrected chi connectivity index (χ4v) is 1.65. The quantitative estimate of drug-likeness (QED) is 0.743. The maximum absolute atomic E-state index is 11.4. The van der Waals surface area contributed by atoms with E-state index in [1.807, 2.05) is 18.7 Å². The fourth-order valence-electron chi connectivity index (χ4n) is 1.65. The van der Waals surface area contributed by atoms with E-state index in [4.69, 9.17) is 5.26 Å². The van der Waals surface area contributed by atoms with Gasteiger partial charge in [0.2, 0.25) is 5.91 Å². The SMILES string of the molecule is CC(C)(C#N)CCCN1CCNCC1=O. The Hall–Kier alpha value is -1.08. The van der Waals surface area contributed by atoms with Crippen LogP contribution in [-0.4, -0.2) is 37.0 Å². The van der Waals surface area contributed by atoms with Crippen LogP contribution < -0.4 is 5.32 Å². The molecule has 0 saturated carbocycles. The normalized spacial score (nSPS) is 17.7. The van der Waals surface area contributed by atoms with Crippen molar-refractivity contribution in [3.63, 3.8) is 0 Å². The highest BCUT2D eigenvalue weighted by atomic mass is 16.2. The van der Waals surface area contributed by atoms with Crippen molar-refractivity contribution >= 4 is 5.91 Å². The lowest BCUT2D eigenvalue weighted by molar-refractivity contribution is -0.132. The van der Waals surface area contributed by atoms with Crippen LogP contribution in [0.15, 0.2) is 0 Å². The van der Waals surface area contributed by atoms with E-state index in [2.05, 4.69) is 11.4 Å². The van der Waals surface area contributed by atoms with Gasteiger partial charge in [0, 0.05) is 19.6 Å². The highest BCUT2D eigenvalue weighted by Crippen LogP contribution is 2.20. The first-order valence-corrected chi connectivity index (χ1v) is 5.45. The lowest BCUT2D eigenvalue weighted by Gasteiger charge is -2.28. The molecule has 1 fully saturated rings. The number of hydrogen-bond acceptors (Lipinski definition) is 3. The number of nitrogens with zero attached hydrogens (tertiary/aromatic N) is 2.